The van der Waals surface area contributed by atoms with Crippen LogP contribution in [0.2, 0.25) is 0 Å². The minimum Gasteiger partial charge on any atom is -0.369 e. The number of hydrogen-bond acceptors (Lipinski definition) is 3. The zero-order valence-electron chi connectivity index (χ0n) is 23.1. The molecule has 3 heterocycles. The Bertz CT molecular complexity index is 982. The van der Waals surface area contributed by atoms with Gasteiger partial charge in [-0.15, -0.1) is 0 Å². The maximum atomic E-state index is 7.06. The Morgan fingerprint density at radius 1 is 1.09 bits per heavy atom. The number of nitrogens with zero attached hydrogens (tertiary/aromatic N) is 1. The molecular formula is C31H49N3O. The third kappa shape index (κ3) is 3.55. The van der Waals surface area contributed by atoms with Crippen LogP contribution < -0.4 is 5.32 Å². The van der Waals surface area contributed by atoms with E-state index in [-0.39, 0.29) is 5.60 Å². The summed E-state index contributed by atoms with van der Waals surface area (Å²) in [6.07, 6.45) is 14.2. The van der Waals surface area contributed by atoms with E-state index in [1.807, 2.05) is 19.4 Å². The molecule has 35 heavy (non-hydrogen) atoms. The number of ether oxygens (including phenoxy) is 1. The first-order valence-electron chi connectivity index (χ1n) is 15.0. The molecule has 4 nitrogen and oxygen atoms in total. The van der Waals surface area contributed by atoms with E-state index in [4.69, 9.17) is 4.74 Å². The summed E-state index contributed by atoms with van der Waals surface area (Å²) >= 11 is 0. The Morgan fingerprint density at radius 3 is 2.74 bits per heavy atom. The van der Waals surface area contributed by atoms with Crippen molar-refractivity contribution in [3.05, 3.63) is 28.6 Å². The second-order valence-electron chi connectivity index (χ2n) is 13.4. The first-order valence-corrected chi connectivity index (χ1v) is 15.0. The molecule has 2 N–H and O–H groups in total. The van der Waals surface area contributed by atoms with Crippen molar-refractivity contribution in [1.82, 2.24) is 15.5 Å². The van der Waals surface area contributed by atoms with Crippen LogP contribution in [-0.2, 0) is 17.6 Å². The number of H-pyrrole nitrogens is 1. The number of aromatic amines is 1. The van der Waals surface area contributed by atoms with Crippen molar-refractivity contribution >= 4 is 0 Å². The molecule has 0 amide bonds. The van der Waals surface area contributed by atoms with Crippen molar-refractivity contribution in [1.29, 1.82) is 0 Å². The highest BCUT2D eigenvalue weighted by Gasteiger charge is 2.59. The highest BCUT2D eigenvalue weighted by atomic mass is 16.5. The first-order chi connectivity index (χ1) is 16.9. The summed E-state index contributed by atoms with van der Waals surface area (Å²) in [6, 6.07) is 0.561. The number of aromatic nitrogens is 2. The van der Waals surface area contributed by atoms with Gasteiger partial charge in [0.15, 0.2) is 0 Å². The fraction of sp³-hybridized carbons (Fsp3) is 0.839. The first kappa shape index (κ1) is 24.2. The molecule has 2 saturated heterocycles. The summed E-state index contributed by atoms with van der Waals surface area (Å²) in [5.74, 6) is 4.73. The zero-order valence-corrected chi connectivity index (χ0v) is 23.1. The van der Waals surface area contributed by atoms with Crippen LogP contribution in [-0.4, -0.2) is 34.5 Å². The van der Waals surface area contributed by atoms with Crippen molar-refractivity contribution in [2.45, 2.75) is 117 Å². The van der Waals surface area contributed by atoms with E-state index in [2.05, 4.69) is 49.4 Å². The molecule has 4 aliphatic carbocycles. The fourth-order valence-corrected chi connectivity index (χ4v) is 10.0. The van der Waals surface area contributed by atoms with Gasteiger partial charge in [0.25, 0.3) is 0 Å². The Kier molecular flexibility index (Phi) is 6.04. The minimum absolute atomic E-state index is 0.0704. The van der Waals surface area contributed by atoms with Crippen LogP contribution in [0.3, 0.4) is 0 Å². The molecule has 10 atom stereocenters. The summed E-state index contributed by atoms with van der Waals surface area (Å²) in [5.41, 5.74) is 7.00. The smallest absolute Gasteiger partial charge is 0.0765 e. The van der Waals surface area contributed by atoms with Crippen LogP contribution in [0.4, 0.5) is 0 Å². The molecule has 2 saturated carbocycles. The van der Waals surface area contributed by atoms with Crippen molar-refractivity contribution in [2.75, 3.05) is 6.54 Å². The molecule has 9 unspecified atom stereocenters. The fourth-order valence-electron chi connectivity index (χ4n) is 10.0. The van der Waals surface area contributed by atoms with Crippen LogP contribution in [0.25, 0.3) is 0 Å². The third-order valence-corrected chi connectivity index (χ3v) is 11.9. The molecule has 1 aromatic rings. The van der Waals surface area contributed by atoms with Crippen molar-refractivity contribution < 1.29 is 4.74 Å². The van der Waals surface area contributed by atoms with Gasteiger partial charge >= 0.3 is 0 Å². The van der Waals surface area contributed by atoms with Gasteiger partial charge in [-0.3, -0.25) is 5.10 Å². The lowest BCUT2D eigenvalue weighted by Crippen LogP contribution is -2.48. The average molecular weight is 480 g/mol. The Morgan fingerprint density at radius 2 is 1.91 bits per heavy atom. The van der Waals surface area contributed by atoms with Gasteiger partial charge in [-0.1, -0.05) is 45.8 Å². The molecule has 0 aromatic carbocycles. The number of hydrogen-bond donors (Lipinski definition) is 2. The zero-order chi connectivity index (χ0) is 24.5. The summed E-state index contributed by atoms with van der Waals surface area (Å²) in [5, 5.41) is 11.6. The highest BCUT2D eigenvalue weighted by molar-refractivity contribution is 5.32. The second-order valence-corrected chi connectivity index (χ2v) is 13.4. The van der Waals surface area contributed by atoms with Gasteiger partial charge in [0, 0.05) is 17.7 Å². The van der Waals surface area contributed by atoms with Gasteiger partial charge in [0.05, 0.1) is 17.9 Å². The topological polar surface area (TPSA) is 49.9 Å². The number of nitrogens with one attached hydrogen (secondary N) is 2. The molecule has 0 radical (unpaired) electrons. The van der Waals surface area contributed by atoms with Crippen molar-refractivity contribution in [3.63, 3.8) is 0 Å². The van der Waals surface area contributed by atoms with E-state index in [0.717, 1.165) is 36.1 Å². The average Bonchev–Trinajstić information content (AvgIpc) is 3.49. The van der Waals surface area contributed by atoms with Crippen LogP contribution >= 0.6 is 0 Å². The highest BCUT2D eigenvalue weighted by Crippen LogP contribution is 2.64. The standard InChI is InChI=1S/C29H43N3O.C2H6/c1-16-9-26-27(30-14-16)18(3)29(33-26)8-7-21-22-6-5-20-10-25-19(15-31-32-25)13-28(20,4)24(22)11-23(21)17(2)12-29;1-2/h15-16,18,20-22,24,26-27,30H,5-14H2,1-4H3,(H,31,32);1-2H3/t16-,18?,20?,21?,22?,24?,26?,27?,28?,29?;/m0./s1. The lowest BCUT2D eigenvalue weighted by Gasteiger charge is -2.52. The minimum atomic E-state index is 0.0704. The van der Waals surface area contributed by atoms with E-state index in [9.17, 15) is 0 Å². The Balaban J connectivity index is 0.00000112. The molecule has 1 aromatic heterocycles. The van der Waals surface area contributed by atoms with Crippen LogP contribution in [0, 0.1) is 40.9 Å². The number of fused-ring (bicyclic) bond motifs is 7. The van der Waals surface area contributed by atoms with E-state index in [1.54, 1.807) is 5.57 Å². The SMILES string of the molecule is CC.CC1=C2CC3C(CCC4Cc5[nH]ncc5CC43C)C2CCC2(C1)OC1C[C@H](C)CNC1C2C. The molecule has 4 fully saturated rings. The van der Waals surface area contributed by atoms with Crippen LogP contribution in [0.1, 0.15) is 97.7 Å². The summed E-state index contributed by atoms with van der Waals surface area (Å²) in [7, 11) is 0. The summed E-state index contributed by atoms with van der Waals surface area (Å²) in [6.45, 7) is 15.2. The molecule has 1 spiro atoms. The van der Waals surface area contributed by atoms with E-state index >= 15 is 0 Å². The molecule has 194 valence electrons. The summed E-state index contributed by atoms with van der Waals surface area (Å²) in [4.78, 5) is 0. The molecular weight excluding hydrogens is 430 g/mol. The van der Waals surface area contributed by atoms with Gasteiger partial charge in [0.1, 0.15) is 0 Å². The molecule has 6 aliphatic rings. The van der Waals surface area contributed by atoms with Gasteiger partial charge in [-0.2, -0.15) is 5.10 Å². The summed E-state index contributed by atoms with van der Waals surface area (Å²) < 4.78 is 7.06. The normalized spacial score (nSPS) is 48.2. The maximum Gasteiger partial charge on any atom is 0.0765 e. The maximum absolute atomic E-state index is 7.06. The second kappa shape index (κ2) is 8.72. The molecule has 4 heteroatoms. The predicted octanol–water partition coefficient (Wildman–Crippen LogP) is 6.48. The largest absolute Gasteiger partial charge is 0.369 e. The lowest BCUT2D eigenvalue weighted by atomic mass is 9.52. The quantitative estimate of drug-likeness (QED) is 0.419. The van der Waals surface area contributed by atoms with Gasteiger partial charge in [0.2, 0.25) is 0 Å². The van der Waals surface area contributed by atoms with Gasteiger partial charge < -0.3 is 10.1 Å². The number of piperidine rings is 1. The molecule has 7 rings (SSSR count). The Hall–Kier alpha value is -1.13. The van der Waals surface area contributed by atoms with Crippen molar-refractivity contribution in [2.24, 2.45) is 40.9 Å². The number of allylic oxidation sites excluding steroid dienone is 1. The van der Waals surface area contributed by atoms with Gasteiger partial charge in [-0.05, 0) is 112 Å². The monoisotopic (exact) mass is 479 g/mol. The van der Waals surface area contributed by atoms with Gasteiger partial charge in [-0.25, -0.2) is 0 Å². The van der Waals surface area contributed by atoms with E-state index in [0.29, 0.717) is 23.5 Å². The number of rotatable bonds is 0. The third-order valence-electron chi connectivity index (χ3n) is 11.9. The van der Waals surface area contributed by atoms with E-state index in [1.165, 1.54) is 69.0 Å². The predicted molar refractivity (Wildman–Crippen MR) is 142 cm³/mol. The van der Waals surface area contributed by atoms with Crippen LogP contribution in [0.15, 0.2) is 17.3 Å². The molecule has 0 bridgehead atoms. The lowest BCUT2D eigenvalue weighted by molar-refractivity contribution is -0.0733. The Labute approximate surface area is 213 Å². The van der Waals surface area contributed by atoms with Crippen LogP contribution in [0.5, 0.6) is 0 Å². The van der Waals surface area contributed by atoms with Crippen molar-refractivity contribution in [3.8, 4) is 0 Å². The van der Waals surface area contributed by atoms with E-state index < -0.39 is 0 Å². The molecule has 2 aliphatic heterocycles.